The summed E-state index contributed by atoms with van der Waals surface area (Å²) in [4.78, 5) is 14.6. The molecule has 1 aliphatic heterocycles. The molecule has 0 saturated heterocycles. The fourth-order valence-corrected chi connectivity index (χ4v) is 2.37. The molecule has 1 aliphatic rings. The van der Waals surface area contributed by atoms with Crippen LogP contribution in [0.4, 0.5) is 11.4 Å². The summed E-state index contributed by atoms with van der Waals surface area (Å²) in [6.07, 6.45) is 0.838. The lowest BCUT2D eigenvalue weighted by Crippen LogP contribution is -2.22. The molecular weight excluding hydrogens is 451 g/mol. The van der Waals surface area contributed by atoms with E-state index in [9.17, 15) is 10.1 Å². The average Bonchev–Trinajstić information content (AvgIpc) is 2.85. The minimum absolute atomic E-state index is 0. The van der Waals surface area contributed by atoms with Gasteiger partial charge >= 0.3 is 0 Å². The number of nitro benzene ring substituents is 1. The van der Waals surface area contributed by atoms with Crippen LogP contribution in [0.2, 0.25) is 0 Å². The molecule has 0 radical (unpaired) electrons. The molecule has 0 saturated carbocycles. The van der Waals surface area contributed by atoms with Gasteiger partial charge in [-0.3, -0.25) is 10.1 Å². The molecule has 0 bridgehead atoms. The first-order valence-corrected chi connectivity index (χ1v) is 7.82. The van der Waals surface area contributed by atoms with Crippen LogP contribution in [0.3, 0.4) is 0 Å². The Morgan fingerprint density at radius 1 is 1.19 bits per heavy atom. The highest BCUT2D eigenvalue weighted by Crippen LogP contribution is 2.32. The van der Waals surface area contributed by atoms with E-state index < -0.39 is 4.92 Å². The molecular formula is C17H19IN4O4. The summed E-state index contributed by atoms with van der Waals surface area (Å²) in [6, 6.07) is 11.7. The standard InChI is InChI=1S/C17H18N4O4.HI/c18-17(19-11-12-3-1-4-14(9-12)21(22)23)20-13-5-6-15-16(10-13)25-8-2-7-24-15;/h1,3-6,9-10H,2,7-8,11H2,(H3,18,19,20);1H. The predicted molar refractivity (Wildman–Crippen MR) is 110 cm³/mol. The summed E-state index contributed by atoms with van der Waals surface area (Å²) < 4.78 is 11.2. The van der Waals surface area contributed by atoms with Gasteiger partial charge in [0.25, 0.3) is 5.69 Å². The van der Waals surface area contributed by atoms with Crippen molar-refractivity contribution < 1.29 is 14.4 Å². The molecule has 1 heterocycles. The van der Waals surface area contributed by atoms with Crippen LogP contribution in [0, 0.1) is 10.1 Å². The molecule has 0 amide bonds. The van der Waals surface area contributed by atoms with Crippen LogP contribution >= 0.6 is 24.0 Å². The maximum absolute atomic E-state index is 10.8. The molecule has 0 atom stereocenters. The van der Waals surface area contributed by atoms with Crippen molar-refractivity contribution in [1.82, 2.24) is 0 Å². The largest absolute Gasteiger partial charge is 0.490 e. The number of non-ortho nitro benzene ring substituents is 1. The SMILES string of the molecule is I.NC(=NCc1cccc([N+](=O)[O-])c1)Nc1ccc2c(c1)OCCCO2. The number of fused-ring (bicyclic) bond motifs is 1. The van der Waals surface area contributed by atoms with Gasteiger partial charge in [0, 0.05) is 30.3 Å². The van der Waals surface area contributed by atoms with Gasteiger partial charge in [0.2, 0.25) is 0 Å². The minimum Gasteiger partial charge on any atom is -0.490 e. The number of hydrogen-bond donors (Lipinski definition) is 2. The van der Waals surface area contributed by atoms with E-state index in [1.165, 1.54) is 12.1 Å². The zero-order chi connectivity index (χ0) is 17.6. The average molecular weight is 470 g/mol. The summed E-state index contributed by atoms with van der Waals surface area (Å²) in [6.45, 7) is 1.48. The Kier molecular flexibility index (Phi) is 7.01. The third kappa shape index (κ3) is 5.22. The zero-order valence-electron chi connectivity index (χ0n) is 13.9. The Bertz CT molecular complexity index is 813. The number of nitro groups is 1. The molecule has 0 aromatic heterocycles. The van der Waals surface area contributed by atoms with Gasteiger partial charge in [-0.15, -0.1) is 24.0 Å². The zero-order valence-corrected chi connectivity index (χ0v) is 16.2. The summed E-state index contributed by atoms with van der Waals surface area (Å²) in [5.41, 5.74) is 7.35. The first-order valence-electron chi connectivity index (χ1n) is 7.82. The second-order valence-corrected chi connectivity index (χ2v) is 5.47. The number of rotatable bonds is 4. The Hall–Kier alpha value is -2.56. The van der Waals surface area contributed by atoms with Crippen LogP contribution in [0.1, 0.15) is 12.0 Å². The summed E-state index contributed by atoms with van der Waals surface area (Å²) >= 11 is 0. The van der Waals surface area contributed by atoms with E-state index in [1.54, 1.807) is 18.2 Å². The monoisotopic (exact) mass is 470 g/mol. The number of hydrogen-bond acceptors (Lipinski definition) is 5. The Balaban J connectivity index is 0.00000243. The lowest BCUT2D eigenvalue weighted by molar-refractivity contribution is -0.384. The van der Waals surface area contributed by atoms with E-state index in [0.717, 1.165) is 12.1 Å². The molecule has 9 heteroatoms. The molecule has 26 heavy (non-hydrogen) atoms. The predicted octanol–water partition coefficient (Wildman–Crippen LogP) is 3.30. The fraction of sp³-hybridized carbons (Fsp3) is 0.235. The van der Waals surface area contributed by atoms with Crippen LogP contribution in [0.25, 0.3) is 0 Å². The van der Waals surface area contributed by atoms with E-state index in [-0.39, 0.29) is 42.2 Å². The van der Waals surface area contributed by atoms with E-state index in [4.69, 9.17) is 15.2 Å². The third-order valence-corrected chi connectivity index (χ3v) is 3.57. The number of nitrogens with one attached hydrogen (secondary N) is 1. The van der Waals surface area contributed by atoms with Crippen LogP contribution in [0.15, 0.2) is 47.5 Å². The van der Waals surface area contributed by atoms with Crippen LogP contribution < -0.4 is 20.5 Å². The Morgan fingerprint density at radius 2 is 1.96 bits per heavy atom. The molecule has 3 rings (SSSR count). The van der Waals surface area contributed by atoms with Gasteiger partial charge in [0.15, 0.2) is 17.5 Å². The maximum Gasteiger partial charge on any atom is 0.269 e. The van der Waals surface area contributed by atoms with Crippen molar-refractivity contribution in [2.75, 3.05) is 18.5 Å². The van der Waals surface area contributed by atoms with Gasteiger partial charge in [0.05, 0.1) is 24.7 Å². The highest BCUT2D eigenvalue weighted by atomic mass is 127. The highest BCUT2D eigenvalue weighted by molar-refractivity contribution is 14.0. The van der Waals surface area contributed by atoms with E-state index in [0.29, 0.717) is 30.3 Å². The molecule has 2 aromatic carbocycles. The van der Waals surface area contributed by atoms with Crippen molar-refractivity contribution >= 4 is 41.3 Å². The molecule has 0 unspecified atom stereocenters. The number of benzene rings is 2. The van der Waals surface area contributed by atoms with Gasteiger partial charge < -0.3 is 20.5 Å². The molecule has 2 aromatic rings. The lowest BCUT2D eigenvalue weighted by Gasteiger charge is -2.10. The number of ether oxygens (including phenoxy) is 2. The van der Waals surface area contributed by atoms with Crippen molar-refractivity contribution in [2.24, 2.45) is 10.7 Å². The quantitative estimate of drug-likeness (QED) is 0.233. The minimum atomic E-state index is -0.438. The first-order chi connectivity index (χ1) is 12.1. The van der Waals surface area contributed by atoms with Crippen molar-refractivity contribution in [3.05, 3.63) is 58.1 Å². The van der Waals surface area contributed by atoms with Crippen molar-refractivity contribution in [2.45, 2.75) is 13.0 Å². The van der Waals surface area contributed by atoms with Crippen molar-refractivity contribution in [1.29, 1.82) is 0 Å². The van der Waals surface area contributed by atoms with Gasteiger partial charge in [-0.25, -0.2) is 4.99 Å². The van der Waals surface area contributed by atoms with Crippen LogP contribution in [-0.2, 0) is 6.54 Å². The maximum atomic E-state index is 10.8. The first kappa shape index (κ1) is 19.8. The number of aliphatic imine (C=N–C) groups is 1. The van der Waals surface area contributed by atoms with Crippen molar-refractivity contribution in [3.63, 3.8) is 0 Å². The molecule has 3 N–H and O–H groups in total. The van der Waals surface area contributed by atoms with Gasteiger partial charge in [-0.1, -0.05) is 12.1 Å². The molecule has 138 valence electrons. The second kappa shape index (κ2) is 9.22. The number of nitrogens with two attached hydrogens (primary N) is 1. The number of nitrogens with zero attached hydrogens (tertiary/aromatic N) is 2. The Morgan fingerprint density at radius 3 is 2.73 bits per heavy atom. The second-order valence-electron chi connectivity index (χ2n) is 5.47. The van der Waals surface area contributed by atoms with E-state index in [2.05, 4.69) is 10.3 Å². The highest BCUT2D eigenvalue weighted by Gasteiger charge is 2.11. The fourth-order valence-electron chi connectivity index (χ4n) is 2.37. The van der Waals surface area contributed by atoms with Gasteiger partial charge in [-0.2, -0.15) is 0 Å². The summed E-state index contributed by atoms with van der Waals surface area (Å²) in [7, 11) is 0. The molecule has 0 fully saturated rings. The number of halogens is 1. The summed E-state index contributed by atoms with van der Waals surface area (Å²) in [5, 5.41) is 13.8. The van der Waals surface area contributed by atoms with Crippen LogP contribution in [0.5, 0.6) is 11.5 Å². The smallest absolute Gasteiger partial charge is 0.269 e. The number of anilines is 1. The summed E-state index contributed by atoms with van der Waals surface area (Å²) in [5.74, 6) is 1.57. The topological polar surface area (TPSA) is 112 Å². The third-order valence-electron chi connectivity index (χ3n) is 3.57. The Labute approximate surface area is 167 Å². The lowest BCUT2D eigenvalue weighted by atomic mass is 10.2. The van der Waals surface area contributed by atoms with Crippen molar-refractivity contribution in [3.8, 4) is 11.5 Å². The number of guanidine groups is 1. The molecule has 0 spiro atoms. The normalized spacial score (nSPS) is 13.3. The van der Waals surface area contributed by atoms with Gasteiger partial charge in [-0.05, 0) is 17.7 Å². The van der Waals surface area contributed by atoms with E-state index in [1.807, 2.05) is 12.1 Å². The molecule has 8 nitrogen and oxygen atoms in total. The van der Waals surface area contributed by atoms with E-state index >= 15 is 0 Å². The van der Waals surface area contributed by atoms with Crippen LogP contribution in [-0.4, -0.2) is 24.1 Å². The molecule has 0 aliphatic carbocycles. The van der Waals surface area contributed by atoms with Gasteiger partial charge in [0.1, 0.15) is 0 Å².